The minimum absolute atomic E-state index is 0.135. The molecule has 2 aromatic rings. The third kappa shape index (κ3) is 6.37. The standard InChI is InChI=1S/C21H27ClN2O4S/c1-15-19(22)7-5-8-20(15)24(29(4,26)27)14-6-9-21(25)23-16(2)17-10-12-18(28-3)13-11-17/h5,7-8,10-13,16H,6,9,14H2,1-4H3,(H,23,25)/t16-/m1/s1. The summed E-state index contributed by atoms with van der Waals surface area (Å²) in [5.41, 5.74) is 2.19. The molecule has 0 heterocycles. The lowest BCUT2D eigenvalue weighted by Crippen LogP contribution is -2.33. The highest BCUT2D eigenvalue weighted by molar-refractivity contribution is 7.92. The average Bonchev–Trinajstić information content (AvgIpc) is 2.67. The molecule has 0 aromatic heterocycles. The summed E-state index contributed by atoms with van der Waals surface area (Å²) in [6.07, 6.45) is 1.76. The number of benzene rings is 2. The van der Waals surface area contributed by atoms with E-state index in [2.05, 4.69) is 5.32 Å². The number of amides is 1. The summed E-state index contributed by atoms with van der Waals surface area (Å²) in [6, 6.07) is 12.5. The van der Waals surface area contributed by atoms with Crippen molar-refractivity contribution < 1.29 is 17.9 Å². The number of hydrogen-bond donors (Lipinski definition) is 1. The lowest BCUT2D eigenvalue weighted by atomic mass is 10.1. The van der Waals surface area contributed by atoms with Gasteiger partial charge in [0.05, 0.1) is 25.1 Å². The van der Waals surface area contributed by atoms with Crippen LogP contribution in [0.1, 0.15) is 36.9 Å². The molecule has 8 heteroatoms. The van der Waals surface area contributed by atoms with Crippen molar-refractivity contribution in [1.82, 2.24) is 5.32 Å². The van der Waals surface area contributed by atoms with Gasteiger partial charge >= 0.3 is 0 Å². The van der Waals surface area contributed by atoms with Crippen molar-refractivity contribution in [2.75, 3.05) is 24.2 Å². The van der Waals surface area contributed by atoms with Crippen molar-refractivity contribution in [2.24, 2.45) is 0 Å². The van der Waals surface area contributed by atoms with E-state index in [9.17, 15) is 13.2 Å². The predicted octanol–water partition coefficient (Wildman–Crippen LogP) is 4.08. The topological polar surface area (TPSA) is 75.7 Å². The fourth-order valence-electron chi connectivity index (χ4n) is 3.00. The van der Waals surface area contributed by atoms with Crippen molar-refractivity contribution in [3.8, 4) is 5.75 Å². The number of rotatable bonds is 9. The molecule has 0 unspecified atom stereocenters. The zero-order valence-electron chi connectivity index (χ0n) is 17.1. The average molecular weight is 439 g/mol. The van der Waals surface area contributed by atoms with Gasteiger partial charge in [-0.25, -0.2) is 8.42 Å². The van der Waals surface area contributed by atoms with Gasteiger partial charge in [-0.05, 0) is 55.7 Å². The molecule has 1 N–H and O–H groups in total. The summed E-state index contributed by atoms with van der Waals surface area (Å²) in [5.74, 6) is 0.619. The number of carbonyl (C=O) groups excluding carboxylic acids is 1. The lowest BCUT2D eigenvalue weighted by molar-refractivity contribution is -0.121. The molecule has 1 atom stereocenters. The van der Waals surface area contributed by atoms with Gasteiger partial charge in [0.2, 0.25) is 15.9 Å². The summed E-state index contributed by atoms with van der Waals surface area (Å²) < 4.78 is 31.0. The molecular weight excluding hydrogens is 412 g/mol. The van der Waals surface area contributed by atoms with Crippen LogP contribution in [0.5, 0.6) is 5.75 Å². The third-order valence-electron chi connectivity index (χ3n) is 4.67. The van der Waals surface area contributed by atoms with E-state index in [1.54, 1.807) is 32.2 Å². The van der Waals surface area contributed by atoms with Gasteiger partial charge in [0.1, 0.15) is 5.75 Å². The maximum absolute atomic E-state index is 12.3. The first-order chi connectivity index (χ1) is 13.6. The summed E-state index contributed by atoms with van der Waals surface area (Å²) >= 11 is 6.13. The Morgan fingerprint density at radius 3 is 2.45 bits per heavy atom. The molecule has 6 nitrogen and oxygen atoms in total. The molecule has 0 radical (unpaired) electrons. The Kier molecular flexibility index (Phi) is 7.93. The van der Waals surface area contributed by atoms with Crippen LogP contribution < -0.4 is 14.4 Å². The van der Waals surface area contributed by atoms with Crippen LogP contribution in [0, 0.1) is 6.92 Å². The van der Waals surface area contributed by atoms with E-state index >= 15 is 0 Å². The number of nitrogens with zero attached hydrogens (tertiary/aromatic N) is 1. The molecule has 0 spiro atoms. The van der Waals surface area contributed by atoms with E-state index in [0.717, 1.165) is 17.6 Å². The molecule has 2 aromatic carbocycles. The summed E-state index contributed by atoms with van der Waals surface area (Å²) in [7, 11) is -1.89. The van der Waals surface area contributed by atoms with Crippen LogP contribution in [0.3, 0.4) is 0 Å². The molecule has 0 aliphatic heterocycles. The van der Waals surface area contributed by atoms with Crippen molar-refractivity contribution in [3.63, 3.8) is 0 Å². The monoisotopic (exact) mass is 438 g/mol. The Morgan fingerprint density at radius 2 is 1.86 bits per heavy atom. The fraction of sp³-hybridized carbons (Fsp3) is 0.381. The molecule has 0 fully saturated rings. The van der Waals surface area contributed by atoms with E-state index in [1.807, 2.05) is 31.2 Å². The van der Waals surface area contributed by atoms with E-state index in [-0.39, 0.29) is 24.9 Å². The Morgan fingerprint density at radius 1 is 1.21 bits per heavy atom. The fourth-order valence-corrected chi connectivity index (χ4v) is 4.19. The van der Waals surface area contributed by atoms with Gasteiger partial charge in [-0.3, -0.25) is 9.10 Å². The van der Waals surface area contributed by atoms with Gasteiger partial charge in [-0.2, -0.15) is 0 Å². The van der Waals surface area contributed by atoms with Crippen molar-refractivity contribution in [2.45, 2.75) is 32.7 Å². The van der Waals surface area contributed by atoms with Gasteiger partial charge in [0.15, 0.2) is 0 Å². The molecule has 2 rings (SSSR count). The van der Waals surface area contributed by atoms with Crippen LogP contribution >= 0.6 is 11.6 Å². The highest BCUT2D eigenvalue weighted by Crippen LogP contribution is 2.28. The van der Waals surface area contributed by atoms with Gasteiger partial charge in [0, 0.05) is 18.0 Å². The number of nitrogens with one attached hydrogen (secondary N) is 1. The number of anilines is 1. The van der Waals surface area contributed by atoms with Crippen LogP contribution in [0.2, 0.25) is 5.02 Å². The van der Waals surface area contributed by atoms with Crippen molar-refractivity contribution in [1.29, 1.82) is 0 Å². The zero-order chi connectivity index (χ0) is 21.6. The number of ether oxygens (including phenoxy) is 1. The second kappa shape index (κ2) is 9.98. The maximum atomic E-state index is 12.3. The minimum atomic E-state index is -3.50. The summed E-state index contributed by atoms with van der Waals surface area (Å²) in [5, 5.41) is 3.44. The predicted molar refractivity (Wildman–Crippen MR) is 117 cm³/mol. The highest BCUT2D eigenvalue weighted by atomic mass is 35.5. The van der Waals surface area contributed by atoms with E-state index in [0.29, 0.717) is 22.7 Å². The van der Waals surface area contributed by atoms with E-state index in [4.69, 9.17) is 16.3 Å². The van der Waals surface area contributed by atoms with Gasteiger partial charge in [0.25, 0.3) is 0 Å². The highest BCUT2D eigenvalue weighted by Gasteiger charge is 2.20. The van der Waals surface area contributed by atoms with Crippen molar-refractivity contribution in [3.05, 3.63) is 58.6 Å². The first kappa shape index (κ1) is 23.0. The second-order valence-corrected chi connectivity index (χ2v) is 9.20. The molecule has 1 amide bonds. The Bertz CT molecular complexity index is 946. The Hall–Kier alpha value is -2.25. The van der Waals surface area contributed by atoms with E-state index < -0.39 is 10.0 Å². The third-order valence-corrected chi connectivity index (χ3v) is 6.26. The minimum Gasteiger partial charge on any atom is -0.497 e. The van der Waals surface area contributed by atoms with Crippen LogP contribution in [0.15, 0.2) is 42.5 Å². The molecule has 0 saturated carbocycles. The lowest BCUT2D eigenvalue weighted by Gasteiger charge is -2.24. The quantitative estimate of drug-likeness (QED) is 0.640. The SMILES string of the molecule is COc1ccc([C@@H](C)NC(=O)CCCN(c2cccc(Cl)c2C)S(C)(=O)=O)cc1. The van der Waals surface area contributed by atoms with E-state index in [1.165, 1.54) is 4.31 Å². The summed E-state index contributed by atoms with van der Waals surface area (Å²) in [6.45, 7) is 3.88. The number of halogens is 1. The van der Waals surface area contributed by atoms with Crippen LogP contribution in [0.25, 0.3) is 0 Å². The maximum Gasteiger partial charge on any atom is 0.232 e. The first-order valence-corrected chi connectivity index (χ1v) is 11.5. The zero-order valence-corrected chi connectivity index (χ0v) is 18.7. The molecule has 29 heavy (non-hydrogen) atoms. The number of sulfonamides is 1. The molecule has 0 saturated heterocycles. The molecule has 0 bridgehead atoms. The molecular formula is C21H27ClN2O4S. The second-order valence-electron chi connectivity index (χ2n) is 6.89. The molecule has 0 aliphatic carbocycles. The van der Waals surface area contributed by atoms with Crippen LogP contribution in [0.4, 0.5) is 5.69 Å². The largest absolute Gasteiger partial charge is 0.497 e. The Labute approximate surface area is 177 Å². The van der Waals surface area contributed by atoms with Gasteiger partial charge in [-0.15, -0.1) is 0 Å². The molecule has 0 aliphatic rings. The van der Waals surface area contributed by atoms with Crippen LogP contribution in [-0.2, 0) is 14.8 Å². The first-order valence-electron chi connectivity index (χ1n) is 9.29. The number of carbonyl (C=O) groups is 1. The molecule has 158 valence electrons. The summed E-state index contributed by atoms with van der Waals surface area (Å²) in [4.78, 5) is 12.3. The normalized spacial score (nSPS) is 12.3. The van der Waals surface area contributed by atoms with Gasteiger partial charge < -0.3 is 10.1 Å². The smallest absolute Gasteiger partial charge is 0.232 e. The number of hydrogen-bond acceptors (Lipinski definition) is 4. The van der Waals surface area contributed by atoms with Gasteiger partial charge in [-0.1, -0.05) is 29.8 Å². The van der Waals surface area contributed by atoms with Crippen molar-refractivity contribution >= 4 is 33.2 Å². The Balaban J connectivity index is 1.96. The van der Waals surface area contributed by atoms with Crippen LogP contribution in [-0.4, -0.2) is 34.2 Å². The number of methoxy groups -OCH3 is 1.